The number of rotatable bonds is 3. The number of morpholine rings is 1. The minimum atomic E-state index is -0.0161. The molecule has 0 aliphatic carbocycles. The Kier molecular flexibility index (Phi) is 3.71. The van der Waals surface area contributed by atoms with E-state index in [0.717, 1.165) is 6.42 Å². The van der Waals surface area contributed by atoms with Crippen molar-refractivity contribution in [1.82, 2.24) is 5.32 Å². The van der Waals surface area contributed by atoms with E-state index in [9.17, 15) is 4.79 Å². The van der Waals surface area contributed by atoms with Gasteiger partial charge in [0, 0.05) is 6.54 Å². The van der Waals surface area contributed by atoms with E-state index >= 15 is 0 Å². The first-order valence-electron chi connectivity index (χ1n) is 6.41. The average Bonchev–Trinajstić information content (AvgIpc) is 2.29. The largest absolute Gasteiger partial charge is 0.366 e. The Morgan fingerprint density at radius 3 is 2.83 bits per heavy atom. The highest BCUT2D eigenvalue weighted by Gasteiger charge is 2.33. The van der Waals surface area contributed by atoms with Gasteiger partial charge in [-0.15, -0.1) is 0 Å². The number of carbonyl (C=O) groups is 1. The number of hydrogen-bond donors (Lipinski definition) is 1. The molecule has 0 bridgehead atoms. The maximum absolute atomic E-state index is 11.1. The molecule has 0 aromatic heterocycles. The SMILES string of the molecule is Cc1cccc(CC(C)(C)C2CNC(=O)CO2)c1. The maximum Gasteiger partial charge on any atom is 0.246 e. The number of benzene rings is 1. The summed E-state index contributed by atoms with van der Waals surface area (Å²) in [6.45, 7) is 7.28. The van der Waals surface area contributed by atoms with Crippen molar-refractivity contribution >= 4 is 5.91 Å². The zero-order valence-electron chi connectivity index (χ0n) is 11.3. The number of carbonyl (C=O) groups excluding carboxylic acids is 1. The molecule has 0 radical (unpaired) electrons. The summed E-state index contributed by atoms with van der Waals surface area (Å²) in [4.78, 5) is 11.1. The second kappa shape index (κ2) is 5.11. The van der Waals surface area contributed by atoms with Crippen molar-refractivity contribution in [1.29, 1.82) is 0 Å². The third-order valence-corrected chi connectivity index (χ3v) is 3.51. The summed E-state index contributed by atoms with van der Waals surface area (Å²) in [5, 5.41) is 2.87. The van der Waals surface area contributed by atoms with E-state index < -0.39 is 0 Å². The van der Waals surface area contributed by atoms with Gasteiger partial charge in [-0.05, 0) is 24.3 Å². The van der Waals surface area contributed by atoms with Crippen LogP contribution in [0.5, 0.6) is 0 Å². The van der Waals surface area contributed by atoms with E-state index in [4.69, 9.17) is 4.74 Å². The zero-order valence-corrected chi connectivity index (χ0v) is 11.3. The highest BCUT2D eigenvalue weighted by molar-refractivity contribution is 5.77. The number of aryl methyl sites for hydroxylation is 1. The monoisotopic (exact) mass is 247 g/mol. The molecule has 1 aromatic carbocycles. The van der Waals surface area contributed by atoms with Crippen LogP contribution in [-0.4, -0.2) is 25.2 Å². The molecule has 3 nitrogen and oxygen atoms in total. The van der Waals surface area contributed by atoms with Crippen LogP contribution >= 0.6 is 0 Å². The summed E-state index contributed by atoms with van der Waals surface area (Å²) in [6.07, 6.45) is 1.03. The van der Waals surface area contributed by atoms with Gasteiger partial charge in [0.2, 0.25) is 5.91 Å². The van der Waals surface area contributed by atoms with Gasteiger partial charge < -0.3 is 10.1 Å². The summed E-state index contributed by atoms with van der Waals surface area (Å²) in [5.74, 6) is -0.0161. The third kappa shape index (κ3) is 3.10. The van der Waals surface area contributed by atoms with Gasteiger partial charge in [0.15, 0.2) is 0 Å². The van der Waals surface area contributed by atoms with Crippen LogP contribution in [0.25, 0.3) is 0 Å². The molecule has 1 aromatic rings. The maximum atomic E-state index is 11.1. The van der Waals surface area contributed by atoms with Crippen molar-refractivity contribution < 1.29 is 9.53 Å². The lowest BCUT2D eigenvalue weighted by Gasteiger charge is -2.37. The van der Waals surface area contributed by atoms with Gasteiger partial charge in [0.1, 0.15) is 6.61 Å². The summed E-state index contributed by atoms with van der Waals surface area (Å²) in [6, 6.07) is 8.55. The first kappa shape index (κ1) is 13.1. The molecule has 1 atom stereocenters. The van der Waals surface area contributed by atoms with E-state index in [-0.39, 0.29) is 24.0 Å². The lowest BCUT2D eigenvalue weighted by Crippen LogP contribution is -2.50. The Morgan fingerprint density at radius 1 is 1.44 bits per heavy atom. The molecular weight excluding hydrogens is 226 g/mol. The van der Waals surface area contributed by atoms with E-state index in [0.29, 0.717) is 6.54 Å². The molecule has 0 saturated carbocycles. The van der Waals surface area contributed by atoms with Gasteiger partial charge in [0.25, 0.3) is 0 Å². The van der Waals surface area contributed by atoms with Gasteiger partial charge in [-0.1, -0.05) is 43.7 Å². The van der Waals surface area contributed by atoms with E-state index in [1.807, 2.05) is 0 Å². The molecule has 1 N–H and O–H groups in total. The summed E-state index contributed by atoms with van der Waals surface area (Å²) < 4.78 is 5.65. The molecule has 1 aliphatic heterocycles. The van der Waals surface area contributed by atoms with Crippen LogP contribution in [0.3, 0.4) is 0 Å². The second-order valence-electron chi connectivity index (χ2n) is 5.76. The number of amides is 1. The predicted octanol–water partition coefficient (Wildman–Crippen LogP) is 2.08. The van der Waals surface area contributed by atoms with Crippen molar-refractivity contribution in [3.8, 4) is 0 Å². The summed E-state index contributed by atoms with van der Waals surface area (Å²) in [5.41, 5.74) is 2.61. The summed E-state index contributed by atoms with van der Waals surface area (Å²) in [7, 11) is 0. The minimum Gasteiger partial charge on any atom is -0.366 e. The summed E-state index contributed by atoms with van der Waals surface area (Å²) >= 11 is 0. The Balaban J connectivity index is 2.04. The van der Waals surface area contributed by atoms with Crippen LogP contribution in [-0.2, 0) is 16.0 Å². The lowest BCUT2D eigenvalue weighted by atomic mass is 9.79. The van der Waals surface area contributed by atoms with Crippen LogP contribution < -0.4 is 5.32 Å². The first-order valence-corrected chi connectivity index (χ1v) is 6.41. The molecular formula is C15H21NO2. The Morgan fingerprint density at radius 2 is 2.22 bits per heavy atom. The molecule has 1 heterocycles. The number of nitrogens with one attached hydrogen (secondary N) is 1. The van der Waals surface area contributed by atoms with Gasteiger partial charge in [0.05, 0.1) is 6.10 Å². The Bertz CT molecular complexity index is 430. The molecule has 1 amide bonds. The number of ether oxygens (including phenoxy) is 1. The van der Waals surface area contributed by atoms with Crippen molar-refractivity contribution in [3.63, 3.8) is 0 Å². The normalized spacial score (nSPS) is 20.6. The van der Waals surface area contributed by atoms with Gasteiger partial charge in [-0.3, -0.25) is 4.79 Å². The van der Waals surface area contributed by atoms with Crippen molar-refractivity contribution in [2.24, 2.45) is 5.41 Å². The van der Waals surface area contributed by atoms with Crippen LogP contribution in [0.4, 0.5) is 0 Å². The molecule has 1 saturated heterocycles. The quantitative estimate of drug-likeness (QED) is 0.888. The fourth-order valence-electron chi connectivity index (χ4n) is 2.46. The van der Waals surface area contributed by atoms with Crippen LogP contribution in [0.2, 0.25) is 0 Å². The van der Waals surface area contributed by atoms with E-state index in [1.165, 1.54) is 11.1 Å². The molecule has 0 spiro atoms. The predicted molar refractivity (Wildman–Crippen MR) is 71.4 cm³/mol. The van der Waals surface area contributed by atoms with Crippen LogP contribution in [0.1, 0.15) is 25.0 Å². The Hall–Kier alpha value is -1.35. The molecule has 2 rings (SSSR count). The van der Waals surface area contributed by atoms with Crippen LogP contribution in [0, 0.1) is 12.3 Å². The van der Waals surface area contributed by atoms with Crippen LogP contribution in [0.15, 0.2) is 24.3 Å². The number of hydrogen-bond acceptors (Lipinski definition) is 2. The highest BCUT2D eigenvalue weighted by Crippen LogP contribution is 2.29. The van der Waals surface area contributed by atoms with E-state index in [1.54, 1.807) is 0 Å². The molecule has 1 unspecified atom stereocenters. The van der Waals surface area contributed by atoms with Gasteiger partial charge in [-0.2, -0.15) is 0 Å². The molecule has 1 fully saturated rings. The molecule has 18 heavy (non-hydrogen) atoms. The van der Waals surface area contributed by atoms with Crippen molar-refractivity contribution in [3.05, 3.63) is 35.4 Å². The average molecular weight is 247 g/mol. The third-order valence-electron chi connectivity index (χ3n) is 3.51. The second-order valence-corrected chi connectivity index (χ2v) is 5.76. The first-order chi connectivity index (χ1) is 8.47. The standard InChI is InChI=1S/C15H21NO2/c1-11-5-4-6-12(7-11)8-15(2,3)13-9-16-14(17)10-18-13/h4-7,13H,8-10H2,1-3H3,(H,16,17). The topological polar surface area (TPSA) is 38.3 Å². The van der Waals surface area contributed by atoms with Gasteiger partial charge >= 0.3 is 0 Å². The van der Waals surface area contributed by atoms with Gasteiger partial charge in [-0.25, -0.2) is 0 Å². The minimum absolute atomic E-state index is 0.0154. The fourth-order valence-corrected chi connectivity index (χ4v) is 2.46. The Labute approximate surface area is 109 Å². The fraction of sp³-hybridized carbons (Fsp3) is 0.533. The molecule has 98 valence electrons. The lowest BCUT2D eigenvalue weighted by molar-refractivity contribution is -0.138. The molecule has 1 aliphatic rings. The van der Waals surface area contributed by atoms with Crippen molar-refractivity contribution in [2.75, 3.05) is 13.2 Å². The van der Waals surface area contributed by atoms with Crippen molar-refractivity contribution in [2.45, 2.75) is 33.3 Å². The smallest absolute Gasteiger partial charge is 0.246 e. The van der Waals surface area contributed by atoms with E-state index in [2.05, 4.69) is 50.4 Å². The zero-order chi connectivity index (χ0) is 13.2. The highest BCUT2D eigenvalue weighted by atomic mass is 16.5. The molecule has 3 heteroatoms.